The van der Waals surface area contributed by atoms with Crippen LogP contribution in [0.5, 0.6) is 0 Å². The Morgan fingerprint density at radius 2 is 0.579 bits per heavy atom. The average molecular weight is 1260 g/mol. The Labute approximate surface area is 512 Å². The molecule has 2 N–H and O–H groups in total. The molecule has 10 aromatic carbocycles. The van der Waals surface area contributed by atoms with Crippen molar-refractivity contribution in [3.63, 3.8) is 0 Å². The number of hydrogen-bond donors (Lipinski definition) is 2. The molecule has 0 radical (unpaired) electrons. The quantitative estimate of drug-likeness (QED) is 0.100. The Kier molecular flexibility index (Phi) is 29.7. The molecule has 0 aliphatic heterocycles. The number of nitrogens with zero attached hydrogens (tertiary/aromatic N) is 2. The third kappa shape index (κ3) is 19.8. The minimum Gasteiger partial charge on any atom is -0.657 e. The van der Waals surface area contributed by atoms with E-state index in [0.29, 0.717) is 0 Å². The van der Waals surface area contributed by atoms with Gasteiger partial charge in [-0.25, -0.2) is 0 Å². The van der Waals surface area contributed by atoms with Gasteiger partial charge in [-0.2, -0.15) is 0 Å². The number of benzene rings is 10. The Morgan fingerprint density at radius 1 is 0.289 bits per heavy atom. The zero-order valence-corrected chi connectivity index (χ0v) is 49.3. The smallest absolute Gasteiger partial charge is 0.657 e. The second kappa shape index (κ2) is 34.7. The van der Waals surface area contributed by atoms with Gasteiger partial charge in [-0.3, -0.25) is 0 Å². The number of nitrogens with one attached hydrogen (secondary N) is 2. The maximum Gasteiger partial charge on any atom is 1.00 e. The third-order valence-electron chi connectivity index (χ3n) is 11.0. The average Bonchev–Trinajstić information content (AvgIpc) is 3.40. The van der Waals surface area contributed by atoms with Gasteiger partial charge in [0, 0.05) is 34.6 Å². The molecule has 0 aliphatic carbocycles. The SMILES string of the molecule is Brc1ccccc1Nc1ccccc1Br.C.C.Cc1ccccc1Nc1ccccc1P(c1ccccc1)c1ccccc1.Cc1ccccc1[N-]c1ccccc1Br.Cc1ccccc1[N-]c1ccccc1Br.[Li+].[Li+]. The van der Waals surface area contributed by atoms with Crippen molar-refractivity contribution < 1.29 is 37.7 Å². The fraction of sp³-hybridized carbons (Fsp3) is 0.0769. The molecule has 4 nitrogen and oxygen atoms in total. The second-order valence-corrected chi connectivity index (χ2v) is 21.9. The summed E-state index contributed by atoms with van der Waals surface area (Å²) in [6, 6.07) is 87.0. The normalized spacial score (nSPS) is 9.74. The number of aryl methyl sites for hydroxylation is 3. The summed E-state index contributed by atoms with van der Waals surface area (Å²) in [7, 11) is -0.635. The molecular formula is C65H61Br4Li2N4P. The molecule has 0 heterocycles. The van der Waals surface area contributed by atoms with E-state index >= 15 is 0 Å². The molecule has 10 aromatic rings. The fourth-order valence-corrected chi connectivity index (χ4v) is 11.1. The molecule has 0 spiro atoms. The van der Waals surface area contributed by atoms with Crippen LogP contribution in [0.4, 0.5) is 45.5 Å². The Morgan fingerprint density at radius 3 is 0.961 bits per heavy atom. The molecule has 0 fully saturated rings. The molecule has 0 atom stereocenters. The number of rotatable bonds is 11. The van der Waals surface area contributed by atoms with E-state index in [1.807, 2.05) is 133 Å². The standard InChI is InChI=1S/C25H22NP.2C13H11BrN.C12H9Br2N.2CH4.2Li/c1-20-12-8-9-17-23(20)26-24-18-10-11-19-25(24)27(21-13-4-2-5-14-21)22-15-6-3-7-16-22;2*1-10-6-2-4-8-12(10)15-13-9-5-3-7-11(13)14;13-9-5-1-3-7-11(9)15-12-8-4-2-6-10(12)14;;;;/h2-19,26H,1H3;2*2-9H,1H3;1-8,15H;2*1H4;;/q;2*-1;;;;2*+1. The molecule has 0 saturated carbocycles. The van der Waals surface area contributed by atoms with Gasteiger partial charge in [0.1, 0.15) is 0 Å². The van der Waals surface area contributed by atoms with Gasteiger partial charge in [0.05, 0.1) is 11.4 Å². The topological polar surface area (TPSA) is 52.3 Å². The van der Waals surface area contributed by atoms with Crippen LogP contribution in [-0.4, -0.2) is 0 Å². The largest absolute Gasteiger partial charge is 1.00 e. The Hall–Kier alpha value is -5.06. The first-order valence-corrected chi connectivity index (χ1v) is 27.8. The maximum atomic E-state index is 4.59. The van der Waals surface area contributed by atoms with Crippen molar-refractivity contribution in [2.24, 2.45) is 0 Å². The summed E-state index contributed by atoms with van der Waals surface area (Å²) in [5.41, 5.74) is 12.0. The van der Waals surface area contributed by atoms with Crippen molar-refractivity contribution in [1.82, 2.24) is 0 Å². The van der Waals surface area contributed by atoms with Gasteiger partial charge in [0.2, 0.25) is 0 Å². The van der Waals surface area contributed by atoms with Crippen LogP contribution in [0, 0.1) is 20.8 Å². The predicted octanol–water partition coefficient (Wildman–Crippen LogP) is 15.9. The van der Waals surface area contributed by atoms with Crippen LogP contribution < -0.4 is 64.3 Å². The summed E-state index contributed by atoms with van der Waals surface area (Å²) in [5, 5.41) is 20.3. The first kappa shape index (κ1) is 65.2. The monoisotopic (exact) mass is 1260 g/mol. The van der Waals surface area contributed by atoms with Crippen LogP contribution in [0.15, 0.2) is 273 Å². The van der Waals surface area contributed by atoms with Crippen molar-refractivity contribution in [3.8, 4) is 0 Å². The number of halogens is 4. The Bertz CT molecular complexity index is 2890. The van der Waals surface area contributed by atoms with E-state index < -0.39 is 7.92 Å². The maximum absolute atomic E-state index is 4.59. The summed E-state index contributed by atoms with van der Waals surface area (Å²) in [6.07, 6.45) is 0. The minimum atomic E-state index is -0.635. The number of para-hydroxylation sites is 8. The molecule has 0 aliphatic rings. The minimum absolute atomic E-state index is 0. The molecule has 0 bridgehead atoms. The number of hydrogen-bond acceptors (Lipinski definition) is 2. The Balaban J connectivity index is 0.000000273. The fourth-order valence-electron chi connectivity index (χ4n) is 7.21. The van der Waals surface area contributed by atoms with Crippen LogP contribution in [0.3, 0.4) is 0 Å². The summed E-state index contributed by atoms with van der Waals surface area (Å²) in [6.45, 7) is 6.27. The van der Waals surface area contributed by atoms with E-state index in [4.69, 9.17) is 0 Å². The molecule has 0 amide bonds. The first-order valence-electron chi connectivity index (χ1n) is 23.3. The van der Waals surface area contributed by atoms with Gasteiger partial charge < -0.3 is 21.3 Å². The van der Waals surface area contributed by atoms with E-state index in [9.17, 15) is 0 Å². The molecule has 0 aromatic heterocycles. The van der Waals surface area contributed by atoms with Crippen LogP contribution in [0.1, 0.15) is 31.5 Å². The molecule has 376 valence electrons. The molecule has 0 unspecified atom stereocenters. The van der Waals surface area contributed by atoms with Crippen LogP contribution in [-0.2, 0) is 0 Å². The third-order valence-corrected chi connectivity index (χ3v) is 16.2. The van der Waals surface area contributed by atoms with Crippen LogP contribution in [0.25, 0.3) is 10.6 Å². The number of anilines is 4. The summed E-state index contributed by atoms with van der Waals surface area (Å²) in [5.74, 6) is 0. The van der Waals surface area contributed by atoms with Gasteiger partial charge in [-0.05, 0) is 125 Å². The van der Waals surface area contributed by atoms with E-state index in [1.54, 1.807) is 0 Å². The van der Waals surface area contributed by atoms with Crippen molar-refractivity contribution in [2.75, 3.05) is 10.6 Å². The van der Waals surface area contributed by atoms with Gasteiger partial charge in [-0.15, -0.1) is 22.7 Å². The van der Waals surface area contributed by atoms with Crippen molar-refractivity contribution in [1.29, 1.82) is 0 Å². The van der Waals surface area contributed by atoms with Gasteiger partial charge in [-0.1, -0.05) is 264 Å². The summed E-state index contributed by atoms with van der Waals surface area (Å²) >= 11 is 14.0. The van der Waals surface area contributed by atoms with Crippen molar-refractivity contribution in [2.45, 2.75) is 35.6 Å². The van der Waals surface area contributed by atoms with E-state index in [1.165, 1.54) is 38.3 Å². The van der Waals surface area contributed by atoms with Crippen molar-refractivity contribution >= 4 is 133 Å². The van der Waals surface area contributed by atoms with Gasteiger partial charge in [0.25, 0.3) is 0 Å². The first-order chi connectivity index (χ1) is 35.1. The van der Waals surface area contributed by atoms with E-state index in [2.05, 4.69) is 227 Å². The van der Waals surface area contributed by atoms with E-state index in [-0.39, 0.29) is 52.6 Å². The molecule has 10 rings (SSSR count). The molecule has 11 heteroatoms. The summed E-state index contributed by atoms with van der Waals surface area (Å²) in [4.78, 5) is 0. The van der Waals surface area contributed by atoms with Crippen molar-refractivity contribution in [3.05, 3.63) is 300 Å². The van der Waals surface area contributed by atoms with E-state index in [0.717, 1.165) is 57.7 Å². The molecular weight excluding hydrogens is 1200 g/mol. The predicted molar refractivity (Wildman–Crippen MR) is 341 cm³/mol. The zero-order chi connectivity index (χ0) is 50.5. The van der Waals surface area contributed by atoms with Crippen LogP contribution >= 0.6 is 71.6 Å². The second-order valence-electron chi connectivity index (χ2n) is 16.2. The van der Waals surface area contributed by atoms with Gasteiger partial charge in [0.15, 0.2) is 0 Å². The molecule has 0 saturated heterocycles. The van der Waals surface area contributed by atoms with Crippen LogP contribution in [0.2, 0.25) is 0 Å². The van der Waals surface area contributed by atoms with Gasteiger partial charge >= 0.3 is 37.7 Å². The molecule has 76 heavy (non-hydrogen) atoms. The summed E-state index contributed by atoms with van der Waals surface area (Å²) < 4.78 is 4.16. The zero-order valence-electron chi connectivity index (χ0n) is 42.1.